The summed E-state index contributed by atoms with van der Waals surface area (Å²) in [7, 11) is 0. The van der Waals surface area contributed by atoms with Gasteiger partial charge in [0.2, 0.25) is 0 Å². The van der Waals surface area contributed by atoms with E-state index in [2.05, 4.69) is 4.99 Å². The number of alkyl halides is 3. The highest BCUT2D eigenvalue weighted by atomic mass is 35.5. The minimum Gasteiger partial charge on any atom is -0.507 e. The molecule has 1 atom stereocenters. The monoisotopic (exact) mass is 620 g/mol. The fourth-order valence-corrected chi connectivity index (χ4v) is 5.96. The summed E-state index contributed by atoms with van der Waals surface area (Å²) in [5, 5.41) is 11.4. The number of benzene rings is 2. The van der Waals surface area contributed by atoms with Gasteiger partial charge in [-0.15, -0.1) is 0 Å². The van der Waals surface area contributed by atoms with Crippen LogP contribution in [0.15, 0.2) is 57.5 Å². The first-order chi connectivity index (χ1) is 19.3. The molecule has 224 valence electrons. The topological polar surface area (TPSA) is 80.9 Å². The van der Waals surface area contributed by atoms with Gasteiger partial charge in [-0.2, -0.15) is 13.2 Å². The van der Waals surface area contributed by atoms with Crippen molar-refractivity contribution in [2.45, 2.75) is 71.5 Å². The van der Waals surface area contributed by atoms with E-state index in [1.807, 2.05) is 41.5 Å². The molecule has 42 heavy (non-hydrogen) atoms. The minimum absolute atomic E-state index is 0.116. The van der Waals surface area contributed by atoms with Crippen LogP contribution in [0.25, 0.3) is 6.08 Å². The number of carbonyl (C=O) groups is 1. The molecule has 0 radical (unpaired) electrons. The van der Waals surface area contributed by atoms with Crippen LogP contribution in [0.5, 0.6) is 5.75 Å². The molecule has 0 bridgehead atoms. The Morgan fingerprint density at radius 3 is 2.10 bits per heavy atom. The smallest absolute Gasteiger partial charge is 0.434 e. The predicted molar refractivity (Wildman–Crippen MR) is 158 cm³/mol. The molecule has 1 aliphatic heterocycles. The second kappa shape index (κ2) is 11.0. The van der Waals surface area contributed by atoms with Gasteiger partial charge in [0, 0.05) is 16.1 Å². The van der Waals surface area contributed by atoms with Crippen molar-refractivity contribution in [2.24, 2.45) is 4.99 Å². The van der Waals surface area contributed by atoms with Crippen LogP contribution in [-0.4, -0.2) is 28.4 Å². The molecule has 2 heterocycles. The summed E-state index contributed by atoms with van der Waals surface area (Å²) in [4.78, 5) is 30.5. The number of thiazole rings is 1. The molecule has 11 heteroatoms. The van der Waals surface area contributed by atoms with Gasteiger partial charge in [0.25, 0.3) is 5.56 Å². The molecule has 0 fully saturated rings. The number of ether oxygens (including phenoxy) is 1. The maximum atomic E-state index is 14.3. The lowest BCUT2D eigenvalue weighted by molar-refractivity contribution is -0.140. The zero-order chi connectivity index (χ0) is 31.4. The van der Waals surface area contributed by atoms with Gasteiger partial charge < -0.3 is 9.84 Å². The highest BCUT2D eigenvalue weighted by Gasteiger charge is 2.45. The number of halogens is 4. The number of phenolic OH excluding ortho intramolecular Hbond substituents is 1. The number of rotatable bonds is 4. The van der Waals surface area contributed by atoms with Crippen molar-refractivity contribution >= 4 is 35.0 Å². The maximum absolute atomic E-state index is 14.3. The van der Waals surface area contributed by atoms with Gasteiger partial charge >= 0.3 is 12.1 Å². The Labute approximate surface area is 250 Å². The molecule has 4 rings (SSSR count). The van der Waals surface area contributed by atoms with Gasteiger partial charge in [-0.25, -0.2) is 9.79 Å². The number of aromatic hydroxyl groups is 1. The average Bonchev–Trinajstić information content (AvgIpc) is 3.17. The van der Waals surface area contributed by atoms with Crippen LogP contribution in [0.4, 0.5) is 13.2 Å². The molecule has 0 saturated heterocycles. The lowest BCUT2D eigenvalue weighted by atomic mass is 9.78. The highest BCUT2D eigenvalue weighted by Crippen LogP contribution is 2.41. The Hall–Kier alpha value is -3.37. The van der Waals surface area contributed by atoms with Gasteiger partial charge in [0.15, 0.2) is 10.5 Å². The number of carbonyl (C=O) groups excluding carboxylic acids is 1. The van der Waals surface area contributed by atoms with Crippen molar-refractivity contribution in [2.75, 3.05) is 6.61 Å². The van der Waals surface area contributed by atoms with E-state index >= 15 is 0 Å². The molecule has 1 N–H and O–H groups in total. The third kappa shape index (κ3) is 6.06. The van der Waals surface area contributed by atoms with E-state index in [1.165, 1.54) is 31.2 Å². The molecule has 0 saturated carbocycles. The van der Waals surface area contributed by atoms with E-state index in [1.54, 1.807) is 18.2 Å². The van der Waals surface area contributed by atoms with Crippen molar-refractivity contribution in [1.29, 1.82) is 0 Å². The molecule has 2 aromatic carbocycles. The van der Waals surface area contributed by atoms with Crippen LogP contribution in [0.2, 0.25) is 5.02 Å². The van der Waals surface area contributed by atoms with Gasteiger partial charge in [-0.1, -0.05) is 76.6 Å². The standard InChI is InChI=1S/C31H32ClF3N2O4S/c1-8-41-27(40)22-23(17-9-11-18(32)12-10-17)37-26(39)21(42-28(37)36-25(22)31(33,34)35)15-16-13-19(29(2,3)4)24(38)20(14-16)30(5,6)7/h9-15,23,38H,8H2,1-7H3/b21-15+/t23-/m0/s1. The first-order valence-electron chi connectivity index (χ1n) is 13.3. The normalized spacial score (nSPS) is 16.4. The Balaban J connectivity index is 2.07. The summed E-state index contributed by atoms with van der Waals surface area (Å²) < 4.78 is 49.3. The average molecular weight is 621 g/mol. The maximum Gasteiger partial charge on any atom is 0.434 e. The van der Waals surface area contributed by atoms with Gasteiger partial charge in [-0.3, -0.25) is 9.36 Å². The van der Waals surface area contributed by atoms with E-state index in [4.69, 9.17) is 16.3 Å². The molecule has 3 aromatic rings. The van der Waals surface area contributed by atoms with Crippen molar-refractivity contribution in [3.8, 4) is 5.75 Å². The number of phenols is 1. The highest BCUT2D eigenvalue weighted by molar-refractivity contribution is 7.07. The van der Waals surface area contributed by atoms with Crippen LogP contribution in [0, 0.1) is 0 Å². The summed E-state index contributed by atoms with van der Waals surface area (Å²) in [6.45, 7) is 13.0. The van der Waals surface area contributed by atoms with E-state index in [-0.39, 0.29) is 27.3 Å². The van der Waals surface area contributed by atoms with Crippen molar-refractivity contribution in [1.82, 2.24) is 4.57 Å². The van der Waals surface area contributed by atoms with Crippen LogP contribution >= 0.6 is 22.9 Å². The molecule has 1 aliphatic rings. The SMILES string of the molecule is CCOC(=O)C1=C(C(F)(F)F)N=c2s/c(=C/c3cc(C(C)(C)C)c(O)c(C(C)(C)C)c3)c(=O)n2[C@H]1c1ccc(Cl)cc1. The number of allylic oxidation sites excluding steroid dienone is 1. The second-order valence-electron chi connectivity index (χ2n) is 12.1. The Morgan fingerprint density at radius 2 is 1.62 bits per heavy atom. The first-order valence-corrected chi connectivity index (χ1v) is 14.5. The van der Waals surface area contributed by atoms with E-state index in [9.17, 15) is 27.9 Å². The third-order valence-corrected chi connectivity index (χ3v) is 8.06. The molecule has 1 aromatic heterocycles. The lowest BCUT2D eigenvalue weighted by Crippen LogP contribution is -2.41. The summed E-state index contributed by atoms with van der Waals surface area (Å²) in [5.74, 6) is -1.06. The number of esters is 1. The molecule has 0 amide bonds. The zero-order valence-electron chi connectivity index (χ0n) is 24.3. The Bertz CT molecular complexity index is 1720. The van der Waals surface area contributed by atoms with E-state index < -0.39 is 45.8 Å². The van der Waals surface area contributed by atoms with Crippen molar-refractivity contribution in [3.05, 3.63) is 94.6 Å². The fraction of sp³-hybridized carbons (Fsp3) is 0.387. The van der Waals surface area contributed by atoms with Gasteiger partial charge in [0.05, 0.1) is 22.8 Å². The molecular formula is C31H32ClF3N2O4S. The molecule has 6 nitrogen and oxygen atoms in total. The summed E-state index contributed by atoms with van der Waals surface area (Å²) in [6, 6.07) is 7.96. The van der Waals surface area contributed by atoms with Crippen LogP contribution in [0.3, 0.4) is 0 Å². The zero-order valence-corrected chi connectivity index (χ0v) is 25.9. The van der Waals surface area contributed by atoms with Crippen molar-refractivity contribution < 1.29 is 27.8 Å². The lowest BCUT2D eigenvalue weighted by Gasteiger charge is -2.27. The van der Waals surface area contributed by atoms with Gasteiger partial charge in [0.1, 0.15) is 5.75 Å². The summed E-state index contributed by atoms with van der Waals surface area (Å²) >= 11 is 6.83. The summed E-state index contributed by atoms with van der Waals surface area (Å²) in [6.07, 6.45) is -3.42. The second-order valence-corrected chi connectivity index (χ2v) is 13.5. The first kappa shape index (κ1) is 31.6. The van der Waals surface area contributed by atoms with Crippen molar-refractivity contribution in [3.63, 3.8) is 0 Å². The Morgan fingerprint density at radius 1 is 1.07 bits per heavy atom. The number of hydrogen-bond acceptors (Lipinski definition) is 6. The number of hydrogen-bond donors (Lipinski definition) is 1. The molecule has 0 spiro atoms. The van der Waals surface area contributed by atoms with Crippen LogP contribution in [0.1, 0.15) is 76.8 Å². The minimum atomic E-state index is -5.00. The largest absolute Gasteiger partial charge is 0.507 e. The molecule has 0 unspecified atom stereocenters. The fourth-order valence-electron chi connectivity index (χ4n) is 4.84. The predicted octanol–water partition coefficient (Wildman–Crippen LogP) is 6.29. The van der Waals surface area contributed by atoms with Crippen LogP contribution in [-0.2, 0) is 20.4 Å². The molecular weight excluding hydrogens is 589 g/mol. The third-order valence-electron chi connectivity index (χ3n) is 6.83. The number of aromatic nitrogens is 1. The quantitative estimate of drug-likeness (QED) is 0.348. The number of nitrogens with zero attached hydrogens (tertiary/aromatic N) is 2. The van der Waals surface area contributed by atoms with E-state index in [0.717, 1.165) is 15.9 Å². The van der Waals surface area contributed by atoms with Gasteiger partial charge in [-0.05, 0) is 59.2 Å². The summed E-state index contributed by atoms with van der Waals surface area (Å²) in [5.41, 5.74) is -1.53. The van der Waals surface area contributed by atoms with Crippen LogP contribution < -0.4 is 14.9 Å². The van der Waals surface area contributed by atoms with E-state index in [0.29, 0.717) is 21.7 Å². The Kier molecular flexibility index (Phi) is 8.30. The number of fused-ring (bicyclic) bond motifs is 1. The molecule has 0 aliphatic carbocycles.